The maximum atomic E-state index is 11.6. The average molecular weight is 236 g/mol. The second-order valence-electron chi connectivity index (χ2n) is 2.26. The number of rotatable bonds is 2. The van der Waals surface area contributed by atoms with Gasteiger partial charge in [0.1, 0.15) is 0 Å². The summed E-state index contributed by atoms with van der Waals surface area (Å²) < 4.78 is 28.0. The summed E-state index contributed by atoms with van der Waals surface area (Å²) in [6, 6.07) is 0. The summed E-state index contributed by atoms with van der Waals surface area (Å²) in [5.41, 5.74) is 1.37. The zero-order valence-corrected chi connectivity index (χ0v) is 9.13. The van der Waals surface area contributed by atoms with Crippen LogP contribution in [-0.2, 0) is 14.8 Å². The highest BCUT2D eigenvalue weighted by Crippen LogP contribution is 2.18. The van der Waals surface area contributed by atoms with Crippen molar-refractivity contribution in [2.75, 3.05) is 14.2 Å². The van der Waals surface area contributed by atoms with E-state index < -0.39 is 16.1 Å². The van der Waals surface area contributed by atoms with Crippen molar-refractivity contribution in [2.45, 2.75) is 4.21 Å². The first-order chi connectivity index (χ1) is 6.50. The number of nitrogens with zero attached hydrogens (tertiary/aromatic N) is 2. The van der Waals surface area contributed by atoms with Crippen molar-refractivity contribution in [1.82, 2.24) is 9.29 Å². The van der Waals surface area contributed by atoms with Crippen molar-refractivity contribution < 1.29 is 17.9 Å². The minimum Gasteiger partial charge on any atom is -0.452 e. The highest BCUT2D eigenvalue weighted by molar-refractivity contribution is 7.91. The number of aromatic nitrogens is 1. The molecule has 1 aromatic rings. The highest BCUT2D eigenvalue weighted by Gasteiger charge is 2.27. The van der Waals surface area contributed by atoms with Gasteiger partial charge in [-0.3, -0.25) is 4.98 Å². The zero-order chi connectivity index (χ0) is 10.8. The van der Waals surface area contributed by atoms with E-state index in [2.05, 4.69) is 9.72 Å². The number of amides is 1. The monoisotopic (exact) mass is 236 g/mol. The summed E-state index contributed by atoms with van der Waals surface area (Å²) in [6.07, 6.45) is 0.248. The topological polar surface area (TPSA) is 76.6 Å². The van der Waals surface area contributed by atoms with Gasteiger partial charge in [0.2, 0.25) is 0 Å². The predicted octanol–water partition coefficient (Wildman–Crippen LogP) is 0.530. The van der Waals surface area contributed by atoms with E-state index in [0.717, 1.165) is 25.5 Å². The van der Waals surface area contributed by atoms with Gasteiger partial charge in [-0.05, 0) is 0 Å². The molecule has 0 atom stereocenters. The summed E-state index contributed by atoms with van der Waals surface area (Å²) in [5, 5.41) is 0. The minimum atomic E-state index is -3.79. The number of methoxy groups -OCH3 is 1. The van der Waals surface area contributed by atoms with Crippen LogP contribution in [0.4, 0.5) is 4.79 Å². The molecule has 1 heterocycles. The lowest BCUT2D eigenvalue weighted by molar-refractivity contribution is 0.154. The quantitative estimate of drug-likeness (QED) is 0.748. The van der Waals surface area contributed by atoms with Crippen LogP contribution >= 0.6 is 11.3 Å². The van der Waals surface area contributed by atoms with Crippen LogP contribution in [0.2, 0.25) is 0 Å². The third-order valence-electron chi connectivity index (χ3n) is 1.46. The lowest BCUT2D eigenvalue weighted by Gasteiger charge is -2.13. The van der Waals surface area contributed by atoms with E-state index in [1.54, 1.807) is 0 Å². The van der Waals surface area contributed by atoms with Gasteiger partial charge in [0.25, 0.3) is 10.0 Å². The van der Waals surface area contributed by atoms with Crippen LogP contribution in [0.1, 0.15) is 0 Å². The number of thiazole rings is 1. The first-order valence-electron chi connectivity index (χ1n) is 3.45. The molecule has 1 aromatic heterocycles. The predicted molar refractivity (Wildman–Crippen MR) is 49.5 cm³/mol. The second kappa shape index (κ2) is 3.93. The Balaban J connectivity index is 3.03. The molecule has 0 aromatic carbocycles. The van der Waals surface area contributed by atoms with Crippen molar-refractivity contribution in [3.8, 4) is 0 Å². The molecule has 0 aliphatic carbocycles. The standard InChI is InChI=1S/C6H8N2O4S2/c1-8(6(9)12-2)14(10,11)5-3-7-4-13-5/h3-4H,1-2H3. The van der Waals surface area contributed by atoms with Crippen molar-refractivity contribution in [3.05, 3.63) is 11.7 Å². The van der Waals surface area contributed by atoms with E-state index in [9.17, 15) is 13.2 Å². The van der Waals surface area contributed by atoms with E-state index in [0.29, 0.717) is 4.31 Å². The van der Waals surface area contributed by atoms with Crippen molar-refractivity contribution >= 4 is 27.5 Å². The normalized spacial score (nSPS) is 11.0. The molecule has 1 amide bonds. The molecular formula is C6H8N2O4S2. The molecule has 0 bridgehead atoms. The molecular weight excluding hydrogens is 228 g/mol. The molecule has 14 heavy (non-hydrogen) atoms. The maximum Gasteiger partial charge on any atom is 0.423 e. The number of sulfonamides is 1. The molecule has 78 valence electrons. The van der Waals surface area contributed by atoms with Crippen molar-refractivity contribution in [1.29, 1.82) is 0 Å². The van der Waals surface area contributed by atoms with Crippen LogP contribution in [0.25, 0.3) is 0 Å². The largest absolute Gasteiger partial charge is 0.452 e. The summed E-state index contributed by atoms with van der Waals surface area (Å²) in [6.45, 7) is 0. The Bertz CT molecular complexity index is 411. The Morgan fingerprint density at radius 1 is 1.64 bits per heavy atom. The SMILES string of the molecule is COC(=O)N(C)S(=O)(=O)c1cncs1. The van der Waals surface area contributed by atoms with Crippen LogP contribution in [0.5, 0.6) is 0 Å². The molecule has 0 aliphatic heterocycles. The van der Waals surface area contributed by atoms with Crippen LogP contribution in [0, 0.1) is 0 Å². The minimum absolute atomic E-state index is 0.00500. The molecule has 6 nitrogen and oxygen atoms in total. The Morgan fingerprint density at radius 3 is 2.71 bits per heavy atom. The Kier molecular flexibility index (Phi) is 3.06. The van der Waals surface area contributed by atoms with Gasteiger partial charge >= 0.3 is 6.09 Å². The van der Waals surface area contributed by atoms with E-state index >= 15 is 0 Å². The fourth-order valence-electron chi connectivity index (χ4n) is 0.693. The van der Waals surface area contributed by atoms with Crippen LogP contribution < -0.4 is 0 Å². The van der Waals surface area contributed by atoms with Gasteiger partial charge in [-0.25, -0.2) is 9.10 Å². The molecule has 0 saturated heterocycles. The fraction of sp³-hybridized carbons (Fsp3) is 0.333. The van der Waals surface area contributed by atoms with Gasteiger partial charge in [0.15, 0.2) is 4.21 Å². The van der Waals surface area contributed by atoms with Gasteiger partial charge in [-0.1, -0.05) is 0 Å². The number of hydrogen-bond donors (Lipinski definition) is 0. The zero-order valence-electron chi connectivity index (χ0n) is 7.50. The fourth-order valence-corrected chi connectivity index (χ4v) is 2.73. The molecule has 0 unspecified atom stereocenters. The molecule has 0 spiro atoms. The van der Waals surface area contributed by atoms with E-state index in [-0.39, 0.29) is 4.21 Å². The second-order valence-corrected chi connectivity index (χ2v) is 5.35. The van der Waals surface area contributed by atoms with E-state index in [4.69, 9.17) is 0 Å². The maximum absolute atomic E-state index is 11.6. The molecule has 0 saturated carbocycles. The molecule has 0 radical (unpaired) electrons. The summed E-state index contributed by atoms with van der Waals surface area (Å²) in [7, 11) is -1.55. The third kappa shape index (κ3) is 1.85. The van der Waals surface area contributed by atoms with Crippen LogP contribution in [0.15, 0.2) is 15.9 Å². The summed E-state index contributed by atoms with van der Waals surface area (Å²) in [5.74, 6) is 0. The molecule has 1 rings (SSSR count). The van der Waals surface area contributed by atoms with Gasteiger partial charge in [0.05, 0.1) is 18.8 Å². The molecule has 8 heteroatoms. The van der Waals surface area contributed by atoms with Crippen molar-refractivity contribution in [2.24, 2.45) is 0 Å². The number of carbonyl (C=O) groups excluding carboxylic acids is 1. The first-order valence-corrected chi connectivity index (χ1v) is 5.77. The summed E-state index contributed by atoms with van der Waals surface area (Å²) >= 11 is 0.938. The third-order valence-corrected chi connectivity index (χ3v) is 4.43. The van der Waals surface area contributed by atoms with Crippen molar-refractivity contribution in [3.63, 3.8) is 0 Å². The average Bonchev–Trinajstić information content (AvgIpc) is 2.68. The lowest BCUT2D eigenvalue weighted by atomic mass is 11.0. The van der Waals surface area contributed by atoms with Gasteiger partial charge in [-0.15, -0.1) is 11.3 Å². The highest BCUT2D eigenvalue weighted by atomic mass is 32.2. The summed E-state index contributed by atoms with van der Waals surface area (Å²) in [4.78, 5) is 14.6. The van der Waals surface area contributed by atoms with Gasteiger partial charge in [0, 0.05) is 7.05 Å². The Labute approximate surface area is 85.2 Å². The smallest absolute Gasteiger partial charge is 0.423 e. The Hall–Kier alpha value is -1.15. The molecule has 0 aliphatic rings. The lowest BCUT2D eigenvalue weighted by Crippen LogP contribution is -2.32. The Morgan fingerprint density at radius 2 is 2.29 bits per heavy atom. The van der Waals surface area contributed by atoms with Gasteiger partial charge < -0.3 is 4.74 Å². The number of carbonyl (C=O) groups is 1. The molecule has 0 fully saturated rings. The number of hydrogen-bond acceptors (Lipinski definition) is 6. The number of ether oxygens (including phenoxy) is 1. The van der Waals surface area contributed by atoms with E-state index in [1.165, 1.54) is 11.7 Å². The van der Waals surface area contributed by atoms with E-state index in [1.807, 2.05) is 0 Å². The van der Waals surface area contributed by atoms with Crippen LogP contribution in [-0.4, -0.2) is 38.0 Å². The molecule has 0 N–H and O–H groups in total. The van der Waals surface area contributed by atoms with Crippen LogP contribution in [0.3, 0.4) is 0 Å². The first kappa shape index (κ1) is 10.9. The van der Waals surface area contributed by atoms with Gasteiger partial charge in [-0.2, -0.15) is 8.42 Å².